The smallest absolute Gasteiger partial charge is 0.224 e. The number of nitrogens with zero attached hydrogens (tertiary/aromatic N) is 4. The number of hydrogen-bond donors (Lipinski definition) is 1. The van der Waals surface area contributed by atoms with Gasteiger partial charge in [-0.25, -0.2) is 4.98 Å². The van der Waals surface area contributed by atoms with Crippen molar-refractivity contribution in [3.05, 3.63) is 48.5 Å². The van der Waals surface area contributed by atoms with E-state index in [1.807, 2.05) is 35.0 Å². The van der Waals surface area contributed by atoms with Crippen LogP contribution in [0.25, 0.3) is 5.69 Å². The first-order chi connectivity index (χ1) is 11.7. The zero-order chi connectivity index (χ0) is 16.8. The quantitative estimate of drug-likeness (QED) is 0.759. The van der Waals surface area contributed by atoms with Gasteiger partial charge >= 0.3 is 0 Å². The molecule has 0 fully saturated rings. The number of aromatic nitrogens is 2. The predicted molar refractivity (Wildman–Crippen MR) is 90.5 cm³/mol. The largest absolute Gasteiger partial charge is 0.356 e. The van der Waals surface area contributed by atoms with E-state index in [9.17, 15) is 4.79 Å². The molecule has 6 nitrogen and oxygen atoms in total. The number of terminal acetylenes is 1. The maximum absolute atomic E-state index is 12.0. The maximum Gasteiger partial charge on any atom is 0.224 e. The van der Waals surface area contributed by atoms with E-state index in [0.29, 0.717) is 25.8 Å². The summed E-state index contributed by atoms with van der Waals surface area (Å²) in [6, 6.07) is 7.85. The van der Waals surface area contributed by atoms with Crippen LogP contribution < -0.4 is 5.32 Å². The highest BCUT2D eigenvalue weighted by Crippen LogP contribution is 2.35. The Morgan fingerprint density at radius 3 is 2.67 bits per heavy atom. The van der Waals surface area contributed by atoms with Crippen LogP contribution in [0.15, 0.2) is 53.2 Å². The van der Waals surface area contributed by atoms with E-state index in [4.69, 9.17) is 6.42 Å². The SMILES string of the molecule is C#CCCC1(CCNC(=O)Cc2ccc(-n3ccnc3)cc2)N=N1. The first-order valence-electron chi connectivity index (χ1n) is 7.92. The van der Waals surface area contributed by atoms with Crippen molar-refractivity contribution in [3.8, 4) is 18.0 Å². The van der Waals surface area contributed by atoms with Crippen LogP contribution in [-0.4, -0.2) is 27.7 Å². The number of benzene rings is 1. The van der Waals surface area contributed by atoms with Gasteiger partial charge in [-0.1, -0.05) is 12.1 Å². The lowest BCUT2D eigenvalue weighted by atomic mass is 10.0. The van der Waals surface area contributed by atoms with E-state index in [1.165, 1.54) is 0 Å². The lowest BCUT2D eigenvalue weighted by Crippen LogP contribution is -2.29. The van der Waals surface area contributed by atoms with Gasteiger partial charge in [0.05, 0.1) is 12.7 Å². The van der Waals surface area contributed by atoms with E-state index in [-0.39, 0.29) is 11.6 Å². The molecule has 1 aliphatic rings. The van der Waals surface area contributed by atoms with Crippen molar-refractivity contribution in [1.82, 2.24) is 14.9 Å². The average Bonchev–Trinajstić information content (AvgIpc) is 3.14. The van der Waals surface area contributed by atoms with Gasteiger partial charge in [0, 0.05) is 43.9 Å². The Morgan fingerprint density at radius 1 is 1.25 bits per heavy atom. The first-order valence-corrected chi connectivity index (χ1v) is 7.92. The van der Waals surface area contributed by atoms with E-state index in [1.54, 1.807) is 12.5 Å². The predicted octanol–water partition coefficient (Wildman–Crippen LogP) is 2.50. The summed E-state index contributed by atoms with van der Waals surface area (Å²) in [6.45, 7) is 0.559. The summed E-state index contributed by atoms with van der Waals surface area (Å²) in [7, 11) is 0. The molecular weight excluding hydrogens is 302 g/mol. The molecule has 0 unspecified atom stereocenters. The second-order valence-electron chi connectivity index (χ2n) is 5.80. The lowest BCUT2D eigenvalue weighted by Gasteiger charge is -2.10. The molecule has 0 saturated heterocycles. The van der Waals surface area contributed by atoms with Gasteiger partial charge in [-0.2, -0.15) is 10.2 Å². The number of carbonyl (C=O) groups is 1. The minimum atomic E-state index is -0.341. The molecule has 0 bridgehead atoms. The van der Waals surface area contributed by atoms with Gasteiger partial charge in [0.1, 0.15) is 0 Å². The van der Waals surface area contributed by atoms with Gasteiger partial charge in [0.2, 0.25) is 5.91 Å². The van der Waals surface area contributed by atoms with Crippen molar-refractivity contribution in [2.24, 2.45) is 10.2 Å². The molecule has 0 radical (unpaired) electrons. The monoisotopic (exact) mass is 321 g/mol. The van der Waals surface area contributed by atoms with Gasteiger partial charge in [-0.3, -0.25) is 4.79 Å². The number of nitrogens with one attached hydrogen (secondary N) is 1. The third kappa shape index (κ3) is 4.07. The summed E-state index contributed by atoms with van der Waals surface area (Å²) in [5.74, 6) is 2.60. The number of imidazole rings is 1. The number of hydrogen-bond acceptors (Lipinski definition) is 4. The van der Waals surface area contributed by atoms with Gasteiger partial charge < -0.3 is 9.88 Å². The molecule has 2 aromatic rings. The molecule has 24 heavy (non-hydrogen) atoms. The molecule has 0 aliphatic carbocycles. The van der Waals surface area contributed by atoms with Crippen molar-refractivity contribution in [1.29, 1.82) is 0 Å². The van der Waals surface area contributed by atoms with Crippen molar-refractivity contribution < 1.29 is 4.79 Å². The Hall–Kier alpha value is -2.94. The topological polar surface area (TPSA) is 71.6 Å². The molecule has 1 aromatic carbocycles. The molecule has 0 saturated carbocycles. The van der Waals surface area contributed by atoms with Crippen molar-refractivity contribution >= 4 is 5.91 Å². The van der Waals surface area contributed by atoms with Gasteiger partial charge in [0.15, 0.2) is 5.66 Å². The first kappa shape index (κ1) is 15.9. The second-order valence-corrected chi connectivity index (χ2v) is 5.80. The average molecular weight is 321 g/mol. The van der Waals surface area contributed by atoms with Crippen molar-refractivity contribution in [2.75, 3.05) is 6.54 Å². The van der Waals surface area contributed by atoms with Crippen LogP contribution in [-0.2, 0) is 11.2 Å². The third-order valence-corrected chi connectivity index (χ3v) is 4.00. The molecule has 1 aliphatic heterocycles. The highest BCUT2D eigenvalue weighted by Gasteiger charge is 2.38. The minimum absolute atomic E-state index is 0.00173. The van der Waals surface area contributed by atoms with Gasteiger partial charge in [-0.15, -0.1) is 12.3 Å². The number of amides is 1. The Morgan fingerprint density at radius 2 is 2.04 bits per heavy atom. The van der Waals surface area contributed by atoms with E-state index < -0.39 is 0 Å². The third-order valence-electron chi connectivity index (χ3n) is 4.00. The van der Waals surface area contributed by atoms with Crippen molar-refractivity contribution in [3.63, 3.8) is 0 Å². The highest BCUT2D eigenvalue weighted by atomic mass is 16.1. The Labute approximate surface area is 141 Å². The van der Waals surface area contributed by atoms with E-state index in [0.717, 1.165) is 17.7 Å². The fourth-order valence-electron chi connectivity index (χ4n) is 2.52. The van der Waals surface area contributed by atoms with Crippen LogP contribution in [0.2, 0.25) is 0 Å². The fourth-order valence-corrected chi connectivity index (χ4v) is 2.52. The number of carbonyl (C=O) groups excluding carboxylic acids is 1. The van der Waals surface area contributed by atoms with Crippen LogP contribution >= 0.6 is 0 Å². The summed E-state index contributed by atoms with van der Waals surface area (Å²) in [6.07, 6.45) is 13.1. The zero-order valence-corrected chi connectivity index (χ0v) is 13.4. The molecule has 0 atom stereocenters. The van der Waals surface area contributed by atoms with Gasteiger partial charge in [-0.05, 0) is 17.7 Å². The van der Waals surface area contributed by atoms with Crippen LogP contribution in [0.1, 0.15) is 24.8 Å². The Balaban J connectivity index is 1.43. The van der Waals surface area contributed by atoms with Crippen LogP contribution in [0.4, 0.5) is 0 Å². The summed E-state index contributed by atoms with van der Waals surface area (Å²) in [5.41, 5.74) is 1.65. The molecule has 0 spiro atoms. The van der Waals surface area contributed by atoms with Crippen LogP contribution in [0, 0.1) is 12.3 Å². The summed E-state index contributed by atoms with van der Waals surface area (Å²) in [5, 5.41) is 11.0. The normalized spacial score (nSPS) is 14.1. The summed E-state index contributed by atoms with van der Waals surface area (Å²) in [4.78, 5) is 16.0. The zero-order valence-electron chi connectivity index (χ0n) is 13.4. The summed E-state index contributed by atoms with van der Waals surface area (Å²) < 4.78 is 1.92. The second kappa shape index (κ2) is 7.09. The van der Waals surface area contributed by atoms with Gasteiger partial charge in [0.25, 0.3) is 0 Å². The van der Waals surface area contributed by atoms with Crippen LogP contribution in [0.3, 0.4) is 0 Å². The minimum Gasteiger partial charge on any atom is -0.356 e. The molecule has 3 rings (SSSR count). The molecule has 2 heterocycles. The Bertz CT molecular complexity index is 750. The molecule has 1 amide bonds. The molecule has 6 heteroatoms. The highest BCUT2D eigenvalue weighted by molar-refractivity contribution is 5.78. The van der Waals surface area contributed by atoms with Crippen LogP contribution in [0.5, 0.6) is 0 Å². The molecule has 122 valence electrons. The molecule has 1 aromatic heterocycles. The number of rotatable bonds is 8. The Kier molecular flexibility index (Phi) is 4.71. The van der Waals surface area contributed by atoms with E-state index >= 15 is 0 Å². The van der Waals surface area contributed by atoms with E-state index in [2.05, 4.69) is 26.4 Å². The molecular formula is C18H19N5O. The van der Waals surface area contributed by atoms with Crippen molar-refractivity contribution in [2.45, 2.75) is 31.3 Å². The molecule has 1 N–H and O–H groups in total. The lowest BCUT2D eigenvalue weighted by molar-refractivity contribution is -0.120. The summed E-state index contributed by atoms with van der Waals surface area (Å²) >= 11 is 0. The standard InChI is InChI=1S/C18H19N5O/c1-2-3-8-18(21-22-18)9-10-20-17(24)13-15-4-6-16(7-5-15)23-12-11-19-14-23/h1,4-7,11-12,14H,3,8-10,13H2,(H,20,24). The fraction of sp³-hybridized carbons (Fsp3) is 0.333. The maximum atomic E-state index is 12.0.